The molecule has 1 aromatic heterocycles. The van der Waals surface area contributed by atoms with Crippen molar-refractivity contribution in [3.8, 4) is 0 Å². The Labute approximate surface area is 244 Å². The Morgan fingerprint density at radius 3 is 2.36 bits per heavy atom. The predicted molar refractivity (Wildman–Crippen MR) is 159 cm³/mol. The van der Waals surface area contributed by atoms with Crippen LogP contribution in [0.25, 0.3) is 11.0 Å². The molecule has 4 amide bonds. The number of nitrogens with zero attached hydrogens (tertiary/aromatic N) is 1. The van der Waals surface area contributed by atoms with Gasteiger partial charge < -0.3 is 41.9 Å². The molecule has 8 N–H and O–H groups in total. The number of alkyl carbamates (subject to hydrolysis) is 1. The Hall–Kier alpha value is -4.62. The summed E-state index contributed by atoms with van der Waals surface area (Å²) in [7, 11) is 0. The first-order valence-corrected chi connectivity index (χ1v) is 13.5. The quantitative estimate of drug-likeness (QED) is 0.0909. The number of carbonyl (C=O) groups is 4. The molecule has 0 unspecified atom stereocenters. The number of hydrogen-bond acceptors (Lipinski definition) is 8. The summed E-state index contributed by atoms with van der Waals surface area (Å²) >= 11 is 0. The van der Waals surface area contributed by atoms with Crippen LogP contribution in [0, 0.1) is 12.8 Å². The molecular weight excluding hydrogens is 546 g/mol. The highest BCUT2D eigenvalue weighted by molar-refractivity contribution is 5.99. The number of hydrogen-bond donors (Lipinski definition) is 6. The second kappa shape index (κ2) is 14.8. The molecule has 1 aromatic carbocycles. The van der Waals surface area contributed by atoms with Crippen molar-refractivity contribution in [3.63, 3.8) is 0 Å². The van der Waals surface area contributed by atoms with Crippen molar-refractivity contribution < 1.29 is 28.3 Å². The molecule has 0 aliphatic carbocycles. The maximum absolute atomic E-state index is 13.2. The lowest BCUT2D eigenvalue weighted by molar-refractivity contribution is -0.129. The zero-order valence-electron chi connectivity index (χ0n) is 24.8. The fraction of sp³-hybridized carbons (Fsp3) is 0.500. The van der Waals surface area contributed by atoms with Gasteiger partial charge in [-0.1, -0.05) is 13.8 Å². The minimum absolute atomic E-state index is 0.101. The van der Waals surface area contributed by atoms with Crippen molar-refractivity contribution in [1.82, 2.24) is 16.0 Å². The van der Waals surface area contributed by atoms with E-state index in [1.807, 2.05) is 0 Å². The average Bonchev–Trinajstić information content (AvgIpc) is 2.85. The number of nitrogens with two attached hydrogens (primary N) is 2. The number of anilines is 1. The summed E-state index contributed by atoms with van der Waals surface area (Å²) in [5, 5.41) is 11.1. The molecule has 2 aromatic rings. The van der Waals surface area contributed by atoms with Gasteiger partial charge in [-0.2, -0.15) is 0 Å². The average molecular weight is 588 g/mol. The highest BCUT2D eigenvalue weighted by Crippen LogP contribution is 2.21. The van der Waals surface area contributed by atoms with Crippen LogP contribution in [0.15, 0.2) is 38.5 Å². The predicted octanol–water partition coefficient (Wildman–Crippen LogP) is 1.24. The molecule has 14 heteroatoms. The molecule has 0 radical (unpaired) electrons. The van der Waals surface area contributed by atoms with Gasteiger partial charge in [-0.25, -0.2) is 9.59 Å². The summed E-state index contributed by atoms with van der Waals surface area (Å²) in [6.07, 6.45) is -0.218. The van der Waals surface area contributed by atoms with Gasteiger partial charge >= 0.3 is 11.7 Å². The number of benzene rings is 1. The molecule has 0 aliphatic heterocycles. The first kappa shape index (κ1) is 33.6. The second-order valence-electron chi connectivity index (χ2n) is 11.1. The number of amides is 4. The Kier molecular flexibility index (Phi) is 11.9. The largest absolute Gasteiger partial charge is 0.444 e. The van der Waals surface area contributed by atoms with Crippen LogP contribution in [0.5, 0.6) is 0 Å². The lowest BCUT2D eigenvalue weighted by Gasteiger charge is -2.25. The van der Waals surface area contributed by atoms with Gasteiger partial charge in [0.25, 0.3) is 0 Å². The number of nitrogens with one attached hydrogen (secondary N) is 4. The van der Waals surface area contributed by atoms with Crippen molar-refractivity contribution in [3.05, 3.63) is 40.2 Å². The van der Waals surface area contributed by atoms with Crippen LogP contribution in [0.4, 0.5) is 10.5 Å². The molecule has 1 heterocycles. The maximum Gasteiger partial charge on any atom is 0.408 e. The summed E-state index contributed by atoms with van der Waals surface area (Å²) in [5.74, 6) is -2.17. The van der Waals surface area contributed by atoms with Gasteiger partial charge in [0, 0.05) is 29.8 Å². The third kappa shape index (κ3) is 11.1. The summed E-state index contributed by atoms with van der Waals surface area (Å²) < 4.78 is 10.5. The van der Waals surface area contributed by atoms with E-state index in [1.165, 1.54) is 12.1 Å². The Morgan fingerprint density at radius 2 is 1.74 bits per heavy atom. The number of rotatable bonds is 12. The SMILES string of the molecule is Cc1cc(=O)oc2cc(NC(=O)[C@H](CCCN=C(N)N)NC(=O)CNC(=O)[C@@H](NC(=O)OC(C)(C)C)C(C)C)ccc12. The van der Waals surface area contributed by atoms with Gasteiger partial charge in [0.1, 0.15) is 23.3 Å². The molecule has 0 aliphatic rings. The summed E-state index contributed by atoms with van der Waals surface area (Å²) in [4.78, 5) is 66.6. The number of guanidine groups is 1. The molecule has 0 saturated heterocycles. The Bertz CT molecular complexity index is 1370. The van der Waals surface area contributed by atoms with Gasteiger partial charge in [0.05, 0.1) is 6.54 Å². The monoisotopic (exact) mass is 587 g/mol. The van der Waals surface area contributed by atoms with E-state index >= 15 is 0 Å². The van der Waals surface area contributed by atoms with Crippen LogP contribution >= 0.6 is 0 Å². The van der Waals surface area contributed by atoms with Crippen LogP contribution in [0.2, 0.25) is 0 Å². The number of fused-ring (bicyclic) bond motifs is 1. The molecule has 0 spiro atoms. The van der Waals surface area contributed by atoms with E-state index in [1.54, 1.807) is 53.7 Å². The van der Waals surface area contributed by atoms with E-state index in [9.17, 15) is 24.0 Å². The van der Waals surface area contributed by atoms with Crippen LogP contribution in [-0.2, 0) is 19.1 Å². The minimum Gasteiger partial charge on any atom is -0.444 e. The fourth-order valence-electron chi connectivity index (χ4n) is 3.90. The highest BCUT2D eigenvalue weighted by atomic mass is 16.6. The number of aryl methyl sites for hydroxylation is 1. The smallest absolute Gasteiger partial charge is 0.408 e. The number of ether oxygens (including phenoxy) is 1. The summed E-state index contributed by atoms with van der Waals surface area (Å²) in [6.45, 7) is 10.1. The minimum atomic E-state index is -1.01. The Balaban J connectivity index is 2.09. The molecule has 2 rings (SSSR count). The third-order valence-electron chi connectivity index (χ3n) is 5.86. The van der Waals surface area contributed by atoms with Crippen molar-refractivity contribution in [2.75, 3.05) is 18.4 Å². The fourth-order valence-corrected chi connectivity index (χ4v) is 3.90. The van der Waals surface area contributed by atoms with Gasteiger partial charge in [-0.3, -0.25) is 19.4 Å². The number of aliphatic imine (C=N–C) groups is 1. The molecule has 0 bridgehead atoms. The van der Waals surface area contributed by atoms with Crippen molar-refractivity contribution in [2.45, 2.75) is 72.1 Å². The zero-order valence-corrected chi connectivity index (χ0v) is 24.8. The van der Waals surface area contributed by atoms with E-state index in [4.69, 9.17) is 20.6 Å². The van der Waals surface area contributed by atoms with Gasteiger partial charge in [0.2, 0.25) is 17.7 Å². The molecule has 0 fully saturated rings. The molecule has 42 heavy (non-hydrogen) atoms. The topological polar surface area (TPSA) is 220 Å². The normalized spacial score (nSPS) is 12.6. The third-order valence-corrected chi connectivity index (χ3v) is 5.86. The van der Waals surface area contributed by atoms with E-state index in [0.717, 1.165) is 5.56 Å². The first-order valence-electron chi connectivity index (χ1n) is 13.5. The summed E-state index contributed by atoms with van der Waals surface area (Å²) in [6, 6.07) is 4.28. The van der Waals surface area contributed by atoms with E-state index in [0.29, 0.717) is 23.1 Å². The first-order chi connectivity index (χ1) is 19.6. The molecule has 230 valence electrons. The van der Waals surface area contributed by atoms with Gasteiger partial charge in [-0.05, 0) is 64.2 Å². The second-order valence-corrected chi connectivity index (χ2v) is 11.1. The van der Waals surface area contributed by atoms with Crippen molar-refractivity contribution in [2.24, 2.45) is 22.4 Å². The van der Waals surface area contributed by atoms with Crippen LogP contribution in [0.1, 0.15) is 53.0 Å². The lowest BCUT2D eigenvalue weighted by atomic mass is 10.0. The van der Waals surface area contributed by atoms with Crippen LogP contribution in [0.3, 0.4) is 0 Å². The lowest BCUT2D eigenvalue weighted by Crippen LogP contribution is -2.53. The van der Waals surface area contributed by atoms with Gasteiger partial charge in [0.15, 0.2) is 5.96 Å². The van der Waals surface area contributed by atoms with Crippen molar-refractivity contribution >= 4 is 46.4 Å². The molecule has 0 saturated carbocycles. The summed E-state index contributed by atoms with van der Waals surface area (Å²) in [5.41, 5.74) is 10.8. The molecular formula is C28H41N7O7. The molecule has 14 nitrogen and oxygen atoms in total. The van der Waals surface area contributed by atoms with Gasteiger partial charge in [-0.15, -0.1) is 0 Å². The number of carbonyl (C=O) groups excluding carboxylic acids is 4. The Morgan fingerprint density at radius 1 is 1.05 bits per heavy atom. The standard InChI is InChI=1S/C28H41N7O7/c1-15(2)23(35-27(40)42-28(4,5)6)25(39)32-14-21(36)34-19(8-7-11-31-26(29)30)24(38)33-17-9-10-18-16(3)12-22(37)41-20(18)13-17/h9-10,12-13,15,19,23H,7-8,11,14H2,1-6H3,(H,32,39)(H,33,38)(H,34,36)(H,35,40)(H4,29,30,31)/t19-,23-/m0/s1. The van der Waals surface area contributed by atoms with Crippen LogP contribution < -0.4 is 38.4 Å². The van der Waals surface area contributed by atoms with Crippen molar-refractivity contribution in [1.29, 1.82) is 0 Å². The van der Waals surface area contributed by atoms with E-state index < -0.39 is 53.7 Å². The van der Waals surface area contributed by atoms with E-state index in [-0.39, 0.29) is 24.8 Å². The molecule has 2 atom stereocenters. The van der Waals surface area contributed by atoms with E-state index in [2.05, 4.69) is 26.3 Å². The van der Waals surface area contributed by atoms with Crippen LogP contribution in [-0.4, -0.2) is 60.5 Å². The maximum atomic E-state index is 13.2. The highest BCUT2D eigenvalue weighted by Gasteiger charge is 2.28. The zero-order chi connectivity index (χ0) is 31.6.